The van der Waals surface area contributed by atoms with E-state index in [-0.39, 0.29) is 0 Å². The summed E-state index contributed by atoms with van der Waals surface area (Å²) in [6.45, 7) is 6.35. The molecule has 0 amide bonds. The summed E-state index contributed by atoms with van der Waals surface area (Å²) < 4.78 is 11.8. The lowest BCUT2D eigenvalue weighted by molar-refractivity contribution is 0.101. The van der Waals surface area contributed by atoms with Crippen LogP contribution in [0.4, 0.5) is 0 Å². The molecule has 1 atom stereocenters. The van der Waals surface area contributed by atoms with Gasteiger partial charge in [0.15, 0.2) is 0 Å². The molecule has 1 aliphatic carbocycles. The topological polar surface area (TPSA) is 18.5 Å². The van der Waals surface area contributed by atoms with Crippen molar-refractivity contribution in [1.82, 2.24) is 0 Å². The van der Waals surface area contributed by atoms with E-state index in [1.807, 2.05) is 6.92 Å². The fraction of sp³-hybridized carbons (Fsp3) is 0.333. The van der Waals surface area contributed by atoms with Crippen LogP contribution in [-0.2, 0) is 11.3 Å². The molecular weight excluding hydrogens is 356 g/mol. The summed E-state index contributed by atoms with van der Waals surface area (Å²) in [6, 6.07) is 25.7. The summed E-state index contributed by atoms with van der Waals surface area (Å²) in [7, 11) is 0. The van der Waals surface area contributed by atoms with Crippen molar-refractivity contribution in [2.24, 2.45) is 5.92 Å². The molecule has 0 bridgehead atoms. The van der Waals surface area contributed by atoms with Crippen LogP contribution in [0.3, 0.4) is 0 Å². The predicted molar refractivity (Wildman–Crippen MR) is 119 cm³/mol. The third-order valence-electron chi connectivity index (χ3n) is 5.90. The Morgan fingerprint density at radius 1 is 0.897 bits per heavy atom. The average molecular weight is 387 g/mol. The van der Waals surface area contributed by atoms with Crippen molar-refractivity contribution in [3.8, 4) is 16.9 Å². The predicted octanol–water partition coefficient (Wildman–Crippen LogP) is 6.77. The summed E-state index contributed by atoms with van der Waals surface area (Å²) in [6.07, 6.45) is 2.62. The summed E-state index contributed by atoms with van der Waals surface area (Å²) in [5, 5.41) is 0. The third kappa shape index (κ3) is 4.89. The minimum Gasteiger partial charge on any atom is -0.494 e. The molecule has 150 valence electrons. The van der Waals surface area contributed by atoms with Crippen molar-refractivity contribution in [2.75, 3.05) is 13.2 Å². The molecule has 0 spiro atoms. The second-order valence-electron chi connectivity index (χ2n) is 7.92. The summed E-state index contributed by atoms with van der Waals surface area (Å²) in [4.78, 5) is 0. The van der Waals surface area contributed by atoms with Gasteiger partial charge in [-0.1, -0.05) is 60.7 Å². The molecule has 1 aliphatic rings. The highest BCUT2D eigenvalue weighted by atomic mass is 16.5. The van der Waals surface area contributed by atoms with Gasteiger partial charge in [0.1, 0.15) is 5.75 Å². The van der Waals surface area contributed by atoms with Crippen LogP contribution in [0.25, 0.3) is 11.1 Å². The first kappa shape index (κ1) is 19.7. The molecule has 2 heteroatoms. The van der Waals surface area contributed by atoms with Crippen LogP contribution in [0.5, 0.6) is 5.75 Å². The maximum Gasteiger partial charge on any atom is 0.119 e. The van der Waals surface area contributed by atoms with E-state index >= 15 is 0 Å². The van der Waals surface area contributed by atoms with Gasteiger partial charge in [-0.25, -0.2) is 0 Å². The summed E-state index contributed by atoms with van der Waals surface area (Å²) in [5.74, 6) is 2.17. The van der Waals surface area contributed by atoms with Crippen LogP contribution >= 0.6 is 0 Å². The molecule has 0 aromatic heterocycles. The maximum absolute atomic E-state index is 6.26. The zero-order valence-electron chi connectivity index (χ0n) is 17.4. The van der Waals surface area contributed by atoms with Crippen LogP contribution in [-0.4, -0.2) is 13.2 Å². The van der Waals surface area contributed by atoms with Gasteiger partial charge in [-0.3, -0.25) is 0 Å². The first-order valence-electron chi connectivity index (χ1n) is 10.7. The van der Waals surface area contributed by atoms with Crippen molar-refractivity contribution in [3.05, 3.63) is 89.5 Å². The van der Waals surface area contributed by atoms with E-state index in [1.54, 1.807) is 0 Å². The molecule has 0 radical (unpaired) electrons. The molecule has 0 aliphatic heterocycles. The quantitative estimate of drug-likeness (QED) is 0.404. The minimum absolute atomic E-state index is 0.475. The molecular formula is C27H30O2. The Hall–Kier alpha value is -2.58. The van der Waals surface area contributed by atoms with E-state index in [2.05, 4.69) is 79.7 Å². The third-order valence-corrected chi connectivity index (χ3v) is 5.90. The van der Waals surface area contributed by atoms with Gasteiger partial charge < -0.3 is 9.47 Å². The van der Waals surface area contributed by atoms with E-state index in [0.29, 0.717) is 19.1 Å². The van der Waals surface area contributed by atoms with E-state index < -0.39 is 0 Å². The molecule has 0 N–H and O–H groups in total. The van der Waals surface area contributed by atoms with Gasteiger partial charge in [0.05, 0.1) is 19.8 Å². The molecule has 4 rings (SSSR count). The zero-order chi connectivity index (χ0) is 20.1. The van der Waals surface area contributed by atoms with E-state index in [9.17, 15) is 0 Å². The SMILES string of the molecule is CCOc1ccc(C(COCc2cccc(-c3ccccc3)c2C)C2CC2)cc1. The molecule has 0 heterocycles. The van der Waals surface area contributed by atoms with Crippen LogP contribution in [0.15, 0.2) is 72.8 Å². The van der Waals surface area contributed by atoms with E-state index in [0.717, 1.165) is 18.3 Å². The fourth-order valence-corrected chi connectivity index (χ4v) is 4.05. The van der Waals surface area contributed by atoms with Crippen molar-refractivity contribution in [1.29, 1.82) is 0 Å². The van der Waals surface area contributed by atoms with Crippen molar-refractivity contribution >= 4 is 0 Å². The van der Waals surface area contributed by atoms with Crippen LogP contribution < -0.4 is 4.74 Å². The van der Waals surface area contributed by atoms with E-state index in [4.69, 9.17) is 9.47 Å². The Bertz CT molecular complexity index is 911. The number of benzene rings is 3. The molecule has 3 aromatic carbocycles. The summed E-state index contributed by atoms with van der Waals surface area (Å²) >= 11 is 0. The normalized spacial score (nSPS) is 14.6. The van der Waals surface area contributed by atoms with Gasteiger partial charge in [-0.05, 0) is 72.6 Å². The number of hydrogen-bond acceptors (Lipinski definition) is 2. The van der Waals surface area contributed by atoms with E-state index in [1.165, 1.54) is 40.7 Å². The van der Waals surface area contributed by atoms with Crippen LogP contribution in [0, 0.1) is 12.8 Å². The minimum atomic E-state index is 0.475. The van der Waals surface area contributed by atoms with Gasteiger partial charge in [0.25, 0.3) is 0 Å². The smallest absolute Gasteiger partial charge is 0.119 e. The number of hydrogen-bond donors (Lipinski definition) is 0. The highest BCUT2D eigenvalue weighted by molar-refractivity contribution is 5.68. The number of rotatable bonds is 9. The molecule has 1 fully saturated rings. The summed E-state index contributed by atoms with van der Waals surface area (Å²) in [5.41, 5.74) is 6.50. The van der Waals surface area contributed by atoms with Crippen LogP contribution in [0.1, 0.15) is 42.4 Å². The lowest BCUT2D eigenvalue weighted by atomic mass is 9.94. The molecule has 2 nitrogen and oxygen atoms in total. The van der Waals surface area contributed by atoms with Gasteiger partial charge in [-0.15, -0.1) is 0 Å². The Labute approximate surface area is 174 Å². The molecule has 1 saturated carbocycles. The van der Waals surface area contributed by atoms with Crippen molar-refractivity contribution in [3.63, 3.8) is 0 Å². The lowest BCUT2D eigenvalue weighted by Gasteiger charge is -2.19. The van der Waals surface area contributed by atoms with Gasteiger partial charge in [0.2, 0.25) is 0 Å². The maximum atomic E-state index is 6.26. The molecule has 1 unspecified atom stereocenters. The van der Waals surface area contributed by atoms with Crippen molar-refractivity contribution in [2.45, 2.75) is 39.2 Å². The zero-order valence-corrected chi connectivity index (χ0v) is 17.4. The highest BCUT2D eigenvalue weighted by Gasteiger charge is 2.32. The van der Waals surface area contributed by atoms with Gasteiger partial charge >= 0.3 is 0 Å². The van der Waals surface area contributed by atoms with Crippen molar-refractivity contribution < 1.29 is 9.47 Å². The second kappa shape index (κ2) is 9.28. The fourth-order valence-electron chi connectivity index (χ4n) is 4.05. The first-order chi connectivity index (χ1) is 14.3. The Kier molecular flexibility index (Phi) is 6.31. The van der Waals surface area contributed by atoms with Gasteiger partial charge in [0, 0.05) is 5.92 Å². The first-order valence-corrected chi connectivity index (χ1v) is 10.7. The Morgan fingerprint density at radius 3 is 2.34 bits per heavy atom. The highest BCUT2D eigenvalue weighted by Crippen LogP contribution is 2.43. The lowest BCUT2D eigenvalue weighted by Crippen LogP contribution is -2.11. The molecule has 3 aromatic rings. The van der Waals surface area contributed by atoms with Gasteiger partial charge in [-0.2, -0.15) is 0 Å². The Balaban J connectivity index is 1.42. The standard InChI is InChI=1S/C27H30O2/c1-3-29-25-16-14-23(15-17-25)27(22-12-13-22)19-28-18-24-10-7-11-26(20(24)2)21-8-5-4-6-9-21/h4-11,14-17,22,27H,3,12-13,18-19H2,1-2H3. The number of ether oxygens (including phenoxy) is 2. The average Bonchev–Trinajstić information content (AvgIpc) is 3.59. The molecule has 0 saturated heterocycles. The Morgan fingerprint density at radius 2 is 1.66 bits per heavy atom. The monoisotopic (exact) mass is 386 g/mol. The largest absolute Gasteiger partial charge is 0.494 e. The van der Waals surface area contributed by atoms with Crippen LogP contribution in [0.2, 0.25) is 0 Å². The molecule has 29 heavy (non-hydrogen) atoms. The second-order valence-corrected chi connectivity index (χ2v) is 7.92.